The van der Waals surface area contributed by atoms with Gasteiger partial charge in [0.2, 0.25) is 5.88 Å². The number of halogens is 3. The van der Waals surface area contributed by atoms with Crippen LogP contribution in [0.15, 0.2) is 36.4 Å². The van der Waals surface area contributed by atoms with Gasteiger partial charge >= 0.3 is 6.18 Å². The topological polar surface area (TPSA) is 56.3 Å². The van der Waals surface area contributed by atoms with E-state index >= 15 is 0 Å². The first kappa shape index (κ1) is 19.7. The standard InChI is InChI=1S/C19H20F3NO3S/c1-12(2)27(24,25)11-13-8-14-6-7-16(10-15(14)9-13)26-18-5-3-4-17(23-18)19(20,21)22/h3-7,10,12-13H,8-9,11H2,1-2H3/t13-/m1/s1. The number of hydrogen-bond acceptors (Lipinski definition) is 4. The van der Waals surface area contributed by atoms with Crippen LogP contribution in [-0.2, 0) is 28.9 Å². The number of aromatic nitrogens is 1. The summed E-state index contributed by atoms with van der Waals surface area (Å²) >= 11 is 0. The Hall–Kier alpha value is -2.09. The smallest absolute Gasteiger partial charge is 0.433 e. The molecule has 146 valence electrons. The lowest BCUT2D eigenvalue weighted by atomic mass is 10.1. The Bertz CT molecular complexity index is 939. The number of alkyl halides is 3. The Kier molecular flexibility index (Phi) is 5.20. The number of hydrogen-bond donors (Lipinski definition) is 0. The lowest BCUT2D eigenvalue weighted by Gasteiger charge is -2.12. The molecule has 0 bridgehead atoms. The zero-order valence-corrected chi connectivity index (χ0v) is 15.8. The molecule has 1 atom stereocenters. The zero-order chi connectivity index (χ0) is 19.8. The highest BCUT2D eigenvalue weighted by molar-refractivity contribution is 7.91. The molecule has 1 aliphatic rings. The van der Waals surface area contributed by atoms with Gasteiger partial charge in [-0.3, -0.25) is 0 Å². The van der Waals surface area contributed by atoms with E-state index < -0.39 is 27.0 Å². The molecule has 8 heteroatoms. The van der Waals surface area contributed by atoms with Crippen LogP contribution in [0.5, 0.6) is 11.6 Å². The molecule has 27 heavy (non-hydrogen) atoms. The molecule has 0 spiro atoms. The third-order valence-corrected chi connectivity index (χ3v) is 6.99. The highest BCUT2D eigenvalue weighted by atomic mass is 32.2. The predicted molar refractivity (Wildman–Crippen MR) is 95.6 cm³/mol. The molecule has 0 fully saturated rings. The van der Waals surface area contributed by atoms with Crippen LogP contribution >= 0.6 is 0 Å². The van der Waals surface area contributed by atoms with E-state index in [4.69, 9.17) is 4.74 Å². The molecule has 0 aliphatic heterocycles. The van der Waals surface area contributed by atoms with E-state index in [1.807, 2.05) is 6.07 Å². The van der Waals surface area contributed by atoms with Gasteiger partial charge in [-0.05, 0) is 61.9 Å². The normalized spacial score (nSPS) is 17.2. The van der Waals surface area contributed by atoms with Crippen molar-refractivity contribution < 1.29 is 26.3 Å². The minimum absolute atomic E-state index is 0.00864. The number of benzene rings is 1. The van der Waals surface area contributed by atoms with Gasteiger partial charge in [0.05, 0.1) is 11.0 Å². The van der Waals surface area contributed by atoms with Crippen molar-refractivity contribution in [3.63, 3.8) is 0 Å². The molecular formula is C19H20F3NO3S. The van der Waals surface area contributed by atoms with Crippen molar-refractivity contribution >= 4 is 9.84 Å². The number of pyridine rings is 1. The van der Waals surface area contributed by atoms with Crippen molar-refractivity contribution in [2.75, 3.05) is 5.75 Å². The molecule has 1 aromatic carbocycles. The summed E-state index contributed by atoms with van der Waals surface area (Å²) in [6.45, 7) is 3.34. The maximum Gasteiger partial charge on any atom is 0.433 e. The molecule has 4 nitrogen and oxygen atoms in total. The second-order valence-electron chi connectivity index (χ2n) is 7.04. The fraction of sp³-hybridized carbons (Fsp3) is 0.421. The summed E-state index contributed by atoms with van der Waals surface area (Å²) in [5.74, 6) is 0.383. The first-order chi connectivity index (χ1) is 12.5. The molecular weight excluding hydrogens is 379 g/mol. The molecule has 0 N–H and O–H groups in total. The maximum absolute atomic E-state index is 12.8. The Balaban J connectivity index is 1.73. The van der Waals surface area contributed by atoms with Gasteiger partial charge < -0.3 is 4.74 Å². The van der Waals surface area contributed by atoms with Crippen LogP contribution in [0.4, 0.5) is 13.2 Å². The van der Waals surface area contributed by atoms with E-state index in [2.05, 4.69) is 4.98 Å². The van der Waals surface area contributed by atoms with Gasteiger partial charge in [-0.15, -0.1) is 0 Å². The Morgan fingerprint density at radius 3 is 2.52 bits per heavy atom. The van der Waals surface area contributed by atoms with Gasteiger partial charge in [-0.1, -0.05) is 12.1 Å². The van der Waals surface area contributed by atoms with E-state index in [1.54, 1.807) is 26.0 Å². The summed E-state index contributed by atoms with van der Waals surface area (Å²) in [7, 11) is -3.12. The number of ether oxygens (including phenoxy) is 1. The quantitative estimate of drug-likeness (QED) is 0.746. The van der Waals surface area contributed by atoms with Crippen LogP contribution in [-0.4, -0.2) is 24.4 Å². The van der Waals surface area contributed by atoms with Crippen molar-refractivity contribution in [3.05, 3.63) is 53.2 Å². The van der Waals surface area contributed by atoms with Crippen LogP contribution in [0.1, 0.15) is 30.7 Å². The van der Waals surface area contributed by atoms with Gasteiger partial charge in [0.15, 0.2) is 9.84 Å². The Morgan fingerprint density at radius 1 is 1.15 bits per heavy atom. The van der Waals surface area contributed by atoms with E-state index in [-0.39, 0.29) is 17.6 Å². The molecule has 2 aromatic rings. The van der Waals surface area contributed by atoms with Crippen LogP contribution in [0.3, 0.4) is 0 Å². The van der Waals surface area contributed by atoms with Crippen molar-refractivity contribution in [1.29, 1.82) is 0 Å². The minimum Gasteiger partial charge on any atom is -0.439 e. The molecule has 1 aromatic heterocycles. The summed E-state index contributed by atoms with van der Waals surface area (Å²) in [6, 6.07) is 8.74. The molecule has 1 aliphatic carbocycles. The summed E-state index contributed by atoms with van der Waals surface area (Å²) < 4.78 is 68.0. The molecule has 0 amide bonds. The molecule has 0 unspecified atom stereocenters. The van der Waals surface area contributed by atoms with Gasteiger partial charge in [0.25, 0.3) is 0 Å². The number of nitrogens with zero attached hydrogens (tertiary/aromatic N) is 1. The number of rotatable bonds is 5. The second-order valence-corrected chi connectivity index (χ2v) is 9.65. The SMILES string of the molecule is CC(C)S(=O)(=O)C[C@@H]1Cc2ccc(Oc3cccc(C(F)(F)F)n3)cc2C1. The van der Waals surface area contributed by atoms with E-state index in [0.29, 0.717) is 18.6 Å². The van der Waals surface area contributed by atoms with Crippen LogP contribution < -0.4 is 4.74 Å². The highest BCUT2D eigenvalue weighted by Crippen LogP contribution is 2.33. The van der Waals surface area contributed by atoms with Gasteiger partial charge in [0, 0.05) is 6.07 Å². The van der Waals surface area contributed by atoms with Crippen molar-refractivity contribution in [2.24, 2.45) is 5.92 Å². The molecule has 0 saturated carbocycles. The van der Waals surface area contributed by atoms with E-state index in [1.165, 1.54) is 12.1 Å². The Labute approximate surface area is 156 Å². The zero-order valence-electron chi connectivity index (χ0n) is 15.0. The molecule has 3 rings (SSSR count). The van der Waals surface area contributed by atoms with Crippen molar-refractivity contribution in [3.8, 4) is 11.6 Å². The van der Waals surface area contributed by atoms with Crippen LogP contribution in [0, 0.1) is 5.92 Å². The van der Waals surface area contributed by atoms with Crippen LogP contribution in [0.2, 0.25) is 0 Å². The fourth-order valence-electron chi connectivity index (χ4n) is 3.14. The fourth-order valence-corrected chi connectivity index (χ4v) is 4.42. The summed E-state index contributed by atoms with van der Waals surface area (Å²) in [5.41, 5.74) is 0.992. The maximum atomic E-state index is 12.8. The third-order valence-electron chi connectivity index (χ3n) is 4.62. The van der Waals surface area contributed by atoms with E-state index in [9.17, 15) is 21.6 Å². The van der Waals surface area contributed by atoms with Gasteiger partial charge in [-0.25, -0.2) is 13.4 Å². The van der Waals surface area contributed by atoms with E-state index in [0.717, 1.165) is 17.2 Å². The van der Waals surface area contributed by atoms with Gasteiger partial charge in [-0.2, -0.15) is 13.2 Å². The first-order valence-corrected chi connectivity index (χ1v) is 10.3. The highest BCUT2D eigenvalue weighted by Gasteiger charge is 2.33. The molecule has 1 heterocycles. The van der Waals surface area contributed by atoms with Crippen LogP contribution in [0.25, 0.3) is 0 Å². The number of fused-ring (bicyclic) bond motifs is 1. The summed E-state index contributed by atoms with van der Waals surface area (Å²) in [4.78, 5) is 3.49. The first-order valence-electron chi connectivity index (χ1n) is 8.60. The second kappa shape index (κ2) is 7.14. The summed E-state index contributed by atoms with van der Waals surface area (Å²) in [6.07, 6.45) is -3.26. The lowest BCUT2D eigenvalue weighted by Crippen LogP contribution is -2.23. The van der Waals surface area contributed by atoms with Crippen molar-refractivity contribution in [1.82, 2.24) is 4.98 Å². The number of sulfone groups is 1. The summed E-state index contributed by atoms with van der Waals surface area (Å²) in [5, 5.41) is -0.410. The minimum atomic E-state index is -4.54. The third kappa shape index (κ3) is 4.61. The largest absolute Gasteiger partial charge is 0.439 e. The lowest BCUT2D eigenvalue weighted by molar-refractivity contribution is -0.141. The Morgan fingerprint density at radius 2 is 1.85 bits per heavy atom. The molecule has 0 saturated heterocycles. The monoisotopic (exact) mass is 399 g/mol. The average Bonchev–Trinajstić information content (AvgIpc) is 2.95. The van der Waals surface area contributed by atoms with Gasteiger partial charge in [0.1, 0.15) is 11.4 Å². The van der Waals surface area contributed by atoms with Crippen molar-refractivity contribution in [2.45, 2.75) is 38.1 Å². The average molecular weight is 399 g/mol. The molecule has 0 radical (unpaired) electrons. The predicted octanol–water partition coefficient (Wildman–Crippen LogP) is 4.43.